The molecule has 1 rings (SSSR count). The summed E-state index contributed by atoms with van der Waals surface area (Å²) < 4.78 is 5.45. The van der Waals surface area contributed by atoms with Gasteiger partial charge in [-0.1, -0.05) is 19.8 Å². The molecule has 8 nitrogen and oxygen atoms in total. The maximum absolute atomic E-state index is 12.3. The number of aliphatic hydroxyl groups excluding tert-OH is 4. The number of nitrogens with zero attached hydrogens (tertiary/aromatic N) is 1. The van der Waals surface area contributed by atoms with Crippen LogP contribution < -0.4 is 5.32 Å². The number of aliphatic hydroxyl groups is 4. The van der Waals surface area contributed by atoms with E-state index in [1.807, 2.05) is 6.92 Å². The lowest BCUT2D eigenvalue weighted by Gasteiger charge is -2.44. The minimum Gasteiger partial charge on any atom is -0.394 e. The number of amides is 2. The number of carbonyl (C=O) groups excluding carboxylic acids is 1. The highest BCUT2D eigenvalue weighted by molar-refractivity contribution is 6.18. The molecule has 1 heterocycles. The number of alkyl halides is 1. The molecule has 0 unspecified atom stereocenters. The zero-order chi connectivity index (χ0) is 17.4. The topological polar surface area (TPSA) is 122 Å². The number of urea groups is 1. The van der Waals surface area contributed by atoms with Gasteiger partial charge in [-0.2, -0.15) is 0 Å². The van der Waals surface area contributed by atoms with E-state index < -0.39 is 43.3 Å². The number of unbranched alkanes of at least 4 members (excludes halogenated alkanes) is 2. The molecule has 0 aliphatic carbocycles. The van der Waals surface area contributed by atoms with Crippen molar-refractivity contribution in [3.05, 3.63) is 0 Å². The first kappa shape index (κ1) is 20.4. The van der Waals surface area contributed by atoms with E-state index in [0.29, 0.717) is 13.0 Å². The summed E-state index contributed by atoms with van der Waals surface area (Å²) in [7, 11) is 0. The summed E-state index contributed by atoms with van der Waals surface area (Å²) in [6, 6.07) is -0.480. The molecule has 1 aliphatic heterocycles. The van der Waals surface area contributed by atoms with Gasteiger partial charge in [0.1, 0.15) is 24.4 Å². The van der Waals surface area contributed by atoms with Gasteiger partial charge in [0.2, 0.25) is 0 Å². The second kappa shape index (κ2) is 10.3. The van der Waals surface area contributed by atoms with Crippen molar-refractivity contribution in [1.29, 1.82) is 0 Å². The first-order chi connectivity index (χ1) is 11.0. The van der Waals surface area contributed by atoms with Gasteiger partial charge in [0.05, 0.1) is 6.61 Å². The van der Waals surface area contributed by atoms with E-state index in [-0.39, 0.29) is 12.4 Å². The van der Waals surface area contributed by atoms with E-state index in [4.69, 9.17) is 16.3 Å². The average Bonchev–Trinajstić information content (AvgIpc) is 2.55. The Hall–Kier alpha value is -0.640. The van der Waals surface area contributed by atoms with Crippen molar-refractivity contribution in [2.75, 3.05) is 25.6 Å². The second-order valence-corrected chi connectivity index (χ2v) is 5.92. The minimum absolute atomic E-state index is 0.239. The highest BCUT2D eigenvalue weighted by atomic mass is 35.5. The van der Waals surface area contributed by atoms with Crippen LogP contribution in [0.4, 0.5) is 4.79 Å². The summed E-state index contributed by atoms with van der Waals surface area (Å²) in [4.78, 5) is 13.6. The molecule has 1 saturated heterocycles. The van der Waals surface area contributed by atoms with Crippen molar-refractivity contribution in [3.63, 3.8) is 0 Å². The molecule has 0 saturated carbocycles. The van der Waals surface area contributed by atoms with Gasteiger partial charge in [0, 0.05) is 19.0 Å². The lowest BCUT2D eigenvalue weighted by atomic mass is 9.97. The molecule has 0 aromatic heterocycles. The maximum Gasteiger partial charge on any atom is 0.319 e. The Bertz CT molecular complexity index is 360. The Labute approximate surface area is 141 Å². The summed E-state index contributed by atoms with van der Waals surface area (Å²) in [5.41, 5.74) is 0. The SMILES string of the molecule is CCCCCN(C(=O)NCCCl)[C@@H]1O[C@H](CO)[C@@H](O)[C@H](O)[C@H]1O. The van der Waals surface area contributed by atoms with Crippen LogP contribution in [0.5, 0.6) is 0 Å². The number of ether oxygens (including phenoxy) is 1. The van der Waals surface area contributed by atoms with Crippen LogP contribution in [-0.4, -0.2) is 87.6 Å². The zero-order valence-corrected chi connectivity index (χ0v) is 14.0. The molecule has 1 aliphatic rings. The molecule has 23 heavy (non-hydrogen) atoms. The van der Waals surface area contributed by atoms with Crippen molar-refractivity contribution in [2.45, 2.75) is 56.8 Å². The predicted molar refractivity (Wildman–Crippen MR) is 84.1 cm³/mol. The third-order valence-electron chi connectivity index (χ3n) is 3.81. The van der Waals surface area contributed by atoms with Crippen LogP contribution in [0.15, 0.2) is 0 Å². The number of rotatable bonds is 8. The molecule has 136 valence electrons. The van der Waals surface area contributed by atoms with E-state index in [1.54, 1.807) is 0 Å². The molecule has 0 aromatic carbocycles. The molecule has 0 bridgehead atoms. The van der Waals surface area contributed by atoms with Gasteiger partial charge in [-0.3, -0.25) is 4.90 Å². The third-order valence-corrected chi connectivity index (χ3v) is 4.00. The second-order valence-electron chi connectivity index (χ2n) is 5.54. The van der Waals surface area contributed by atoms with E-state index in [1.165, 1.54) is 4.90 Å². The van der Waals surface area contributed by atoms with Crippen molar-refractivity contribution >= 4 is 17.6 Å². The Kier molecular flexibility index (Phi) is 9.11. The van der Waals surface area contributed by atoms with Gasteiger partial charge >= 0.3 is 6.03 Å². The number of carbonyl (C=O) groups is 1. The summed E-state index contributed by atoms with van der Waals surface area (Å²) in [5.74, 6) is 0.239. The van der Waals surface area contributed by atoms with Crippen molar-refractivity contribution in [3.8, 4) is 0 Å². The molecule has 1 fully saturated rings. The minimum atomic E-state index is -1.51. The fourth-order valence-electron chi connectivity index (χ4n) is 2.47. The number of hydrogen-bond acceptors (Lipinski definition) is 6. The Morgan fingerprint density at radius 2 is 1.91 bits per heavy atom. The van der Waals surface area contributed by atoms with Gasteiger partial charge in [-0.05, 0) is 6.42 Å². The molecule has 0 aromatic rings. The van der Waals surface area contributed by atoms with Gasteiger partial charge in [0.15, 0.2) is 6.23 Å². The monoisotopic (exact) mass is 354 g/mol. The highest BCUT2D eigenvalue weighted by Gasteiger charge is 2.46. The van der Waals surface area contributed by atoms with Gasteiger partial charge in [-0.25, -0.2) is 4.79 Å². The molecule has 0 spiro atoms. The number of hydrogen-bond donors (Lipinski definition) is 5. The molecular formula is C14H27ClN2O6. The fraction of sp³-hybridized carbons (Fsp3) is 0.929. The molecule has 5 atom stereocenters. The van der Waals surface area contributed by atoms with E-state index >= 15 is 0 Å². The maximum atomic E-state index is 12.3. The summed E-state index contributed by atoms with van der Waals surface area (Å²) in [6.45, 7) is 2.05. The van der Waals surface area contributed by atoms with Crippen LogP contribution >= 0.6 is 11.6 Å². The van der Waals surface area contributed by atoms with Gasteiger partial charge < -0.3 is 30.5 Å². The van der Waals surface area contributed by atoms with Crippen molar-refractivity contribution < 1.29 is 30.0 Å². The molecule has 2 amide bonds. The summed E-state index contributed by atoms with van der Waals surface area (Å²) in [6.07, 6.45) is -4.11. The van der Waals surface area contributed by atoms with Crippen LogP contribution in [0.25, 0.3) is 0 Å². The molecule has 9 heteroatoms. The molecule has 0 radical (unpaired) electrons. The molecule has 5 N–H and O–H groups in total. The Morgan fingerprint density at radius 3 is 2.48 bits per heavy atom. The number of halogens is 1. The smallest absolute Gasteiger partial charge is 0.319 e. The van der Waals surface area contributed by atoms with Crippen LogP contribution in [0.3, 0.4) is 0 Å². The average molecular weight is 355 g/mol. The largest absolute Gasteiger partial charge is 0.394 e. The fourth-order valence-corrected chi connectivity index (χ4v) is 2.57. The van der Waals surface area contributed by atoms with E-state index in [9.17, 15) is 25.2 Å². The van der Waals surface area contributed by atoms with Crippen molar-refractivity contribution in [1.82, 2.24) is 10.2 Å². The van der Waals surface area contributed by atoms with Crippen molar-refractivity contribution in [2.24, 2.45) is 0 Å². The third kappa shape index (κ3) is 5.44. The van der Waals surface area contributed by atoms with E-state index in [2.05, 4.69) is 5.32 Å². The Morgan fingerprint density at radius 1 is 1.22 bits per heavy atom. The first-order valence-electron chi connectivity index (χ1n) is 7.88. The quantitative estimate of drug-likeness (QED) is 0.288. The van der Waals surface area contributed by atoms with Gasteiger partial charge in [0.25, 0.3) is 0 Å². The van der Waals surface area contributed by atoms with Crippen LogP contribution in [0.1, 0.15) is 26.2 Å². The normalized spacial score (nSPS) is 31.0. The lowest BCUT2D eigenvalue weighted by Crippen LogP contribution is -2.65. The first-order valence-corrected chi connectivity index (χ1v) is 8.42. The van der Waals surface area contributed by atoms with Crippen LogP contribution in [-0.2, 0) is 4.74 Å². The number of nitrogens with one attached hydrogen (secondary N) is 1. The predicted octanol–water partition coefficient (Wildman–Crippen LogP) is -0.773. The van der Waals surface area contributed by atoms with Gasteiger partial charge in [-0.15, -0.1) is 11.6 Å². The summed E-state index contributed by atoms with van der Waals surface area (Å²) in [5, 5.41) is 41.7. The summed E-state index contributed by atoms with van der Waals surface area (Å²) >= 11 is 5.56. The van der Waals surface area contributed by atoms with Crippen LogP contribution in [0.2, 0.25) is 0 Å². The standard InChI is InChI=1S/C14H27ClN2O6/c1-2-3-4-7-17(14(22)16-6-5-15)13-12(21)11(20)10(19)9(8-18)23-13/h9-13,18-21H,2-8H2,1H3,(H,16,22)/t9-,10-,11+,12-,13-/m1/s1. The highest BCUT2D eigenvalue weighted by Crippen LogP contribution is 2.24. The van der Waals surface area contributed by atoms with Crippen LogP contribution in [0, 0.1) is 0 Å². The lowest BCUT2D eigenvalue weighted by molar-refractivity contribution is -0.257. The molecular weight excluding hydrogens is 328 g/mol. The Balaban J connectivity index is 2.86. The zero-order valence-electron chi connectivity index (χ0n) is 13.3. The van der Waals surface area contributed by atoms with E-state index in [0.717, 1.165) is 12.8 Å².